The average molecular weight is 1460 g/mol. The first kappa shape index (κ1) is 69.4. The molecule has 2 fully saturated rings. The van der Waals surface area contributed by atoms with E-state index in [1.54, 1.807) is 0 Å². The van der Waals surface area contributed by atoms with Crippen LogP contribution in [-0.2, 0) is 29.8 Å². The molecule has 2 aliphatic carbocycles. The molecule has 0 saturated carbocycles. The third kappa shape index (κ3) is 12.3. The summed E-state index contributed by atoms with van der Waals surface area (Å²) in [5.41, 5.74) is 25.6. The van der Waals surface area contributed by atoms with Crippen LogP contribution in [-0.4, -0.2) is 39.0 Å². The molecule has 0 spiro atoms. The monoisotopic (exact) mass is 1460 g/mol. The summed E-state index contributed by atoms with van der Waals surface area (Å²) in [6.45, 7) is 11.8. The van der Waals surface area contributed by atoms with E-state index >= 15 is 0 Å². The molecular weight excluding hydrogens is 1380 g/mol. The number of aldehydes is 2. The van der Waals surface area contributed by atoms with Gasteiger partial charge in [0.2, 0.25) is 0 Å². The van der Waals surface area contributed by atoms with Gasteiger partial charge in [-0.25, -0.2) is 0 Å². The maximum atomic E-state index is 11.6. The number of nitrogens with zero attached hydrogens (tertiary/aromatic N) is 4. The lowest BCUT2D eigenvalue weighted by Gasteiger charge is -2.30. The molecule has 16 aromatic rings. The summed E-state index contributed by atoms with van der Waals surface area (Å²) in [5, 5.41) is 9.42. The summed E-state index contributed by atoms with van der Waals surface area (Å²) in [7, 11) is 0. The predicted octanol–water partition coefficient (Wildman–Crippen LogP) is 26.2. The minimum atomic E-state index is -0.323. The predicted molar refractivity (Wildman–Crippen MR) is 457 cm³/mol. The van der Waals surface area contributed by atoms with Crippen LogP contribution in [0, 0.1) is 0 Å². The van der Waals surface area contributed by atoms with E-state index in [4.69, 9.17) is 18.9 Å². The van der Waals surface area contributed by atoms with Gasteiger partial charge in [0.1, 0.15) is 12.6 Å². The molecule has 0 bridgehead atoms. The first-order valence-electron chi connectivity index (χ1n) is 38.4. The maximum absolute atomic E-state index is 11.6. The van der Waals surface area contributed by atoms with Gasteiger partial charge in [0, 0.05) is 100 Å². The maximum Gasteiger partial charge on any atom is 0.184 e. The molecule has 0 unspecified atom stereocenters. The highest BCUT2D eigenvalue weighted by Crippen LogP contribution is 2.56. The van der Waals surface area contributed by atoms with E-state index in [0.29, 0.717) is 37.6 Å². The molecule has 2 saturated heterocycles. The molecule has 0 radical (unpaired) electrons. The van der Waals surface area contributed by atoms with Crippen LogP contribution in [0.3, 0.4) is 0 Å². The zero-order valence-corrected chi connectivity index (χ0v) is 62.7. The van der Waals surface area contributed by atoms with Crippen molar-refractivity contribution in [2.75, 3.05) is 46.0 Å². The zero-order chi connectivity index (χ0) is 75.6. The van der Waals surface area contributed by atoms with Crippen molar-refractivity contribution in [2.24, 2.45) is 0 Å². The second kappa shape index (κ2) is 28.7. The topological polar surface area (TPSA) is 84.0 Å². The Balaban J connectivity index is 0.000000152. The molecule has 16 aromatic carbocycles. The minimum absolute atomic E-state index is 0.284. The second-order valence-corrected chi connectivity index (χ2v) is 30.3. The third-order valence-electron chi connectivity index (χ3n) is 23.0. The number of fused-ring (bicyclic) bond motifs is 10. The average Bonchev–Trinajstić information content (AvgIpc) is 1.57. The lowest BCUT2D eigenvalue weighted by Crippen LogP contribution is -2.18. The number of anilines is 12. The summed E-state index contributed by atoms with van der Waals surface area (Å²) >= 11 is 0. The standard InChI is InChI=1S/C53H44N2O4.C49H36N2O2/c1-53(2)47-33-41(54(49-15-7-11-35-9-3-5-13-43(35)49)39-21-17-37(18-22-39)51-56-29-30-57-51)25-27-45(47)46-28-26-42(34-48(46)53)55(50-16-8-12-36-10-4-6-14-44(36)50)40-23-19-38(20-24-40)52-58-31-32-59-52;1-49(2)45-29-39(50(37-21-17-33(31-52)18-22-37)47-15-7-11-35-9-3-5-13-41(35)47)25-27-43(45)44-28-26-40(30-46(44)49)51(38-23-19-34(32-53)20-24-38)48-16-8-12-36-10-4-6-14-42(36)48/h3-28,33-34,51-52H,29-32H2,1-2H3;3-32H,1-2H3. The van der Waals surface area contributed by atoms with Crippen LogP contribution in [0.1, 0.15) is 94.4 Å². The number of carbonyl (C=O) groups excluding carboxylic acids is 2. The SMILES string of the molecule is CC1(C)c2cc(N(c3ccc(C4OCCO4)cc3)c3cccc4ccccc34)ccc2-c2ccc(N(c3ccc(C4OCCO4)cc3)c3cccc4ccccc34)cc21.CC1(C)c2cc(N(c3ccc(C=O)cc3)c3cccc4ccccc34)ccc2-c2ccc(N(c3ccc(C=O)cc3)c3cccc4ccccc34)cc21. The summed E-state index contributed by atoms with van der Waals surface area (Å²) in [4.78, 5) is 32.6. The van der Waals surface area contributed by atoms with E-state index in [2.05, 4.69) is 338 Å². The van der Waals surface area contributed by atoms with Crippen LogP contribution in [0.4, 0.5) is 68.2 Å². The molecule has 0 atom stereocenters. The van der Waals surface area contributed by atoms with E-state index in [-0.39, 0.29) is 23.4 Å². The molecule has 2 aliphatic heterocycles. The van der Waals surface area contributed by atoms with Gasteiger partial charge in [-0.2, -0.15) is 0 Å². The molecule has 0 amide bonds. The fourth-order valence-corrected chi connectivity index (χ4v) is 17.4. The van der Waals surface area contributed by atoms with Gasteiger partial charge >= 0.3 is 0 Å². The fraction of sp³-hybridized carbons (Fsp3) is 0.118. The molecule has 10 heteroatoms. The second-order valence-electron chi connectivity index (χ2n) is 30.3. The van der Waals surface area contributed by atoms with Crippen LogP contribution in [0.2, 0.25) is 0 Å². The molecule has 0 N–H and O–H groups in total. The fourth-order valence-electron chi connectivity index (χ4n) is 17.4. The van der Waals surface area contributed by atoms with Gasteiger partial charge < -0.3 is 38.5 Å². The van der Waals surface area contributed by atoms with Gasteiger partial charge in [-0.3, -0.25) is 9.59 Å². The van der Waals surface area contributed by atoms with E-state index in [0.717, 1.165) is 113 Å². The normalized spacial score (nSPS) is 14.5. The van der Waals surface area contributed by atoms with Gasteiger partial charge in [0.05, 0.1) is 49.2 Å². The van der Waals surface area contributed by atoms with Crippen LogP contribution < -0.4 is 19.6 Å². The Morgan fingerprint density at radius 3 is 0.732 bits per heavy atom. The van der Waals surface area contributed by atoms with Crippen molar-refractivity contribution in [3.63, 3.8) is 0 Å². The summed E-state index contributed by atoms with van der Waals surface area (Å²) in [6.07, 6.45) is 1.13. The van der Waals surface area contributed by atoms with Crippen molar-refractivity contribution in [2.45, 2.75) is 51.1 Å². The van der Waals surface area contributed by atoms with Gasteiger partial charge in [-0.05, 0) is 212 Å². The van der Waals surface area contributed by atoms with Crippen LogP contribution in [0.5, 0.6) is 0 Å². The zero-order valence-electron chi connectivity index (χ0n) is 62.7. The Kier molecular flexibility index (Phi) is 17.8. The highest BCUT2D eigenvalue weighted by molar-refractivity contribution is 6.04. The van der Waals surface area contributed by atoms with Gasteiger partial charge in [-0.1, -0.05) is 222 Å². The first-order valence-corrected chi connectivity index (χ1v) is 38.4. The van der Waals surface area contributed by atoms with Gasteiger partial charge in [0.25, 0.3) is 0 Å². The lowest BCUT2D eigenvalue weighted by atomic mass is 9.82. The molecule has 544 valence electrons. The van der Waals surface area contributed by atoms with Crippen molar-refractivity contribution < 1.29 is 28.5 Å². The number of hydrogen-bond acceptors (Lipinski definition) is 10. The smallest absolute Gasteiger partial charge is 0.184 e. The quantitative estimate of drug-likeness (QED) is 0.0872. The highest BCUT2D eigenvalue weighted by Gasteiger charge is 2.39. The molecule has 0 aromatic heterocycles. The number of hydrogen-bond donors (Lipinski definition) is 0. The van der Waals surface area contributed by atoms with E-state index in [9.17, 15) is 9.59 Å². The van der Waals surface area contributed by atoms with E-state index in [1.165, 1.54) is 66.1 Å². The molecule has 4 aliphatic rings. The molecule has 10 nitrogen and oxygen atoms in total. The molecule has 112 heavy (non-hydrogen) atoms. The van der Waals surface area contributed by atoms with Crippen molar-refractivity contribution >= 4 is 124 Å². The molecule has 20 rings (SSSR count). The first-order chi connectivity index (χ1) is 54.9. The van der Waals surface area contributed by atoms with Crippen LogP contribution in [0.15, 0.2) is 340 Å². The summed E-state index contributed by atoms with van der Waals surface area (Å²) < 4.78 is 23.4. The number of carbonyl (C=O) groups is 2. The Morgan fingerprint density at radius 1 is 0.259 bits per heavy atom. The Labute approximate surface area is 652 Å². The van der Waals surface area contributed by atoms with Crippen molar-refractivity contribution in [1.82, 2.24) is 0 Å². The Hall–Kier alpha value is -13.1. The minimum Gasteiger partial charge on any atom is -0.346 e. The van der Waals surface area contributed by atoms with Crippen molar-refractivity contribution in [3.8, 4) is 22.3 Å². The lowest BCUT2D eigenvalue weighted by molar-refractivity contribution is -0.0443. The van der Waals surface area contributed by atoms with Gasteiger partial charge in [0.15, 0.2) is 12.6 Å². The van der Waals surface area contributed by atoms with Crippen LogP contribution in [0.25, 0.3) is 65.3 Å². The highest BCUT2D eigenvalue weighted by atomic mass is 16.7. The van der Waals surface area contributed by atoms with Crippen LogP contribution >= 0.6 is 0 Å². The van der Waals surface area contributed by atoms with Crippen molar-refractivity contribution in [3.05, 3.63) is 384 Å². The number of rotatable bonds is 16. The third-order valence-corrected chi connectivity index (χ3v) is 23.0. The Bertz CT molecular complexity index is 5900. The van der Waals surface area contributed by atoms with Crippen molar-refractivity contribution in [1.29, 1.82) is 0 Å². The molecular formula is C102H80N4O6. The Morgan fingerprint density at radius 2 is 0.482 bits per heavy atom. The van der Waals surface area contributed by atoms with E-state index in [1.807, 2.05) is 48.5 Å². The summed E-state index contributed by atoms with van der Waals surface area (Å²) in [5.74, 6) is 0. The number of ether oxygens (including phenoxy) is 4. The molecule has 2 heterocycles. The van der Waals surface area contributed by atoms with E-state index < -0.39 is 0 Å². The van der Waals surface area contributed by atoms with Gasteiger partial charge in [-0.15, -0.1) is 0 Å². The largest absolute Gasteiger partial charge is 0.346 e. The summed E-state index contributed by atoms with van der Waals surface area (Å²) in [6, 6.07) is 121. The number of benzene rings is 16.